The second-order valence-corrected chi connectivity index (χ2v) is 6.09. The van der Waals surface area contributed by atoms with Crippen molar-refractivity contribution in [3.05, 3.63) is 16.6 Å². The summed E-state index contributed by atoms with van der Waals surface area (Å²) in [6.07, 6.45) is 5.38. The molecule has 5 heteroatoms. The maximum atomic E-state index is 11.6. The molecule has 1 fully saturated rings. The number of hydrogen-bond acceptors (Lipinski definition) is 4. The Labute approximate surface area is 112 Å². The molecule has 1 saturated heterocycles. The fourth-order valence-corrected chi connectivity index (χ4v) is 3.50. The lowest BCUT2D eigenvalue weighted by Gasteiger charge is -2.39. The van der Waals surface area contributed by atoms with Crippen LogP contribution in [0.3, 0.4) is 0 Å². The average Bonchev–Trinajstić information content (AvgIpc) is 2.82. The number of aliphatic carboxylic acids is 1. The first kappa shape index (κ1) is 13.5. The number of carbonyl (C=O) groups is 1. The van der Waals surface area contributed by atoms with E-state index in [1.807, 2.05) is 11.7 Å². The molecule has 0 amide bonds. The molecule has 4 nitrogen and oxygen atoms in total. The highest BCUT2D eigenvalue weighted by molar-refractivity contribution is 7.09. The van der Waals surface area contributed by atoms with Crippen LogP contribution in [-0.4, -0.2) is 34.0 Å². The summed E-state index contributed by atoms with van der Waals surface area (Å²) in [4.78, 5) is 19.1. The molecule has 0 radical (unpaired) electrons. The molecule has 0 bridgehead atoms. The van der Waals surface area contributed by atoms with E-state index in [0.29, 0.717) is 6.54 Å². The Morgan fingerprint density at radius 1 is 1.67 bits per heavy atom. The van der Waals surface area contributed by atoms with Gasteiger partial charge in [0.25, 0.3) is 0 Å². The molecule has 1 aromatic rings. The largest absolute Gasteiger partial charge is 0.481 e. The van der Waals surface area contributed by atoms with Crippen LogP contribution in [0.25, 0.3) is 0 Å². The number of carboxylic acids is 1. The zero-order chi connectivity index (χ0) is 13.0. The fraction of sp³-hybridized carbons (Fsp3) is 0.692. The van der Waals surface area contributed by atoms with Crippen LogP contribution in [-0.2, 0) is 11.3 Å². The molecule has 1 aromatic heterocycles. The van der Waals surface area contributed by atoms with Crippen molar-refractivity contribution >= 4 is 17.3 Å². The van der Waals surface area contributed by atoms with Gasteiger partial charge in [0.2, 0.25) is 0 Å². The molecule has 0 spiro atoms. The number of aromatic nitrogens is 1. The van der Waals surface area contributed by atoms with Crippen molar-refractivity contribution in [1.82, 2.24) is 9.88 Å². The molecule has 0 aliphatic carbocycles. The zero-order valence-corrected chi connectivity index (χ0v) is 11.6. The van der Waals surface area contributed by atoms with Gasteiger partial charge in [0.1, 0.15) is 0 Å². The number of carboxylic acid groups (broad SMARTS) is 1. The number of nitrogens with zero attached hydrogens (tertiary/aromatic N) is 2. The lowest BCUT2D eigenvalue weighted by Crippen LogP contribution is -2.47. The number of thiazole rings is 1. The van der Waals surface area contributed by atoms with Crippen LogP contribution in [0, 0.1) is 5.41 Å². The van der Waals surface area contributed by atoms with Gasteiger partial charge in [0, 0.05) is 24.2 Å². The predicted octanol–water partition coefficient (Wildman–Crippen LogP) is 2.61. The molecular weight excluding hydrogens is 248 g/mol. The number of likely N-dealkylation sites (tertiary alicyclic amines) is 1. The Morgan fingerprint density at radius 3 is 3.11 bits per heavy atom. The normalized spacial score (nSPS) is 25.2. The SMILES string of the molecule is CCCC1(C(=O)O)CCCN(Cc2cncs2)C1. The first-order valence-electron chi connectivity index (χ1n) is 6.49. The Kier molecular flexibility index (Phi) is 4.35. The quantitative estimate of drug-likeness (QED) is 0.892. The summed E-state index contributed by atoms with van der Waals surface area (Å²) in [5, 5.41) is 9.53. The smallest absolute Gasteiger partial charge is 0.310 e. The standard InChI is InChI=1S/C13H20N2O2S/c1-2-4-13(12(16)17)5-3-6-15(9-13)8-11-7-14-10-18-11/h7,10H,2-6,8-9H2,1H3,(H,16,17). The summed E-state index contributed by atoms with van der Waals surface area (Å²) in [5.74, 6) is -0.627. The van der Waals surface area contributed by atoms with Gasteiger partial charge in [0.05, 0.1) is 10.9 Å². The fourth-order valence-electron chi connectivity index (χ4n) is 2.87. The second kappa shape index (κ2) is 5.80. The van der Waals surface area contributed by atoms with Gasteiger partial charge in [0.15, 0.2) is 0 Å². The number of rotatable bonds is 5. The molecule has 1 aliphatic heterocycles. The highest BCUT2D eigenvalue weighted by Gasteiger charge is 2.41. The van der Waals surface area contributed by atoms with Crippen LogP contribution in [0.2, 0.25) is 0 Å². The number of hydrogen-bond donors (Lipinski definition) is 1. The van der Waals surface area contributed by atoms with E-state index in [-0.39, 0.29) is 0 Å². The molecule has 1 atom stereocenters. The molecular formula is C13H20N2O2S. The Bertz CT molecular complexity index is 390. The molecule has 2 heterocycles. The zero-order valence-electron chi connectivity index (χ0n) is 10.8. The molecule has 100 valence electrons. The summed E-state index contributed by atoms with van der Waals surface area (Å²) in [6, 6.07) is 0. The summed E-state index contributed by atoms with van der Waals surface area (Å²) in [7, 11) is 0. The third-order valence-electron chi connectivity index (χ3n) is 3.70. The van der Waals surface area contributed by atoms with Crippen molar-refractivity contribution in [3.8, 4) is 0 Å². The van der Waals surface area contributed by atoms with Crippen molar-refractivity contribution in [3.63, 3.8) is 0 Å². The molecule has 2 rings (SSSR count). The van der Waals surface area contributed by atoms with Crippen molar-refractivity contribution in [2.45, 2.75) is 39.2 Å². The van der Waals surface area contributed by atoms with Gasteiger partial charge in [-0.1, -0.05) is 13.3 Å². The van der Waals surface area contributed by atoms with E-state index in [0.717, 1.165) is 38.8 Å². The minimum Gasteiger partial charge on any atom is -0.481 e. The summed E-state index contributed by atoms with van der Waals surface area (Å²) in [6.45, 7) is 4.57. The van der Waals surface area contributed by atoms with Crippen LogP contribution >= 0.6 is 11.3 Å². The average molecular weight is 268 g/mol. The molecule has 1 unspecified atom stereocenters. The van der Waals surface area contributed by atoms with Crippen molar-refractivity contribution in [2.24, 2.45) is 5.41 Å². The third kappa shape index (κ3) is 2.90. The minimum atomic E-state index is -0.627. The van der Waals surface area contributed by atoms with Crippen molar-refractivity contribution in [2.75, 3.05) is 13.1 Å². The van der Waals surface area contributed by atoms with Crippen LogP contribution in [0.15, 0.2) is 11.7 Å². The van der Waals surface area contributed by atoms with Crippen LogP contribution < -0.4 is 0 Å². The Morgan fingerprint density at radius 2 is 2.50 bits per heavy atom. The Balaban J connectivity index is 2.04. The maximum absolute atomic E-state index is 11.6. The lowest BCUT2D eigenvalue weighted by atomic mass is 9.76. The van der Waals surface area contributed by atoms with E-state index in [2.05, 4.69) is 16.8 Å². The van der Waals surface area contributed by atoms with E-state index < -0.39 is 11.4 Å². The minimum absolute atomic E-state index is 0.530. The summed E-state index contributed by atoms with van der Waals surface area (Å²) < 4.78 is 0. The van der Waals surface area contributed by atoms with Gasteiger partial charge in [-0.05, 0) is 25.8 Å². The van der Waals surface area contributed by atoms with E-state index >= 15 is 0 Å². The van der Waals surface area contributed by atoms with Crippen LogP contribution in [0.1, 0.15) is 37.5 Å². The van der Waals surface area contributed by atoms with E-state index in [4.69, 9.17) is 0 Å². The molecule has 18 heavy (non-hydrogen) atoms. The van der Waals surface area contributed by atoms with Gasteiger partial charge < -0.3 is 5.11 Å². The summed E-state index contributed by atoms with van der Waals surface area (Å²) >= 11 is 1.64. The number of piperidine rings is 1. The highest BCUT2D eigenvalue weighted by atomic mass is 32.1. The van der Waals surface area contributed by atoms with E-state index in [9.17, 15) is 9.90 Å². The third-order valence-corrected chi connectivity index (χ3v) is 4.47. The first-order chi connectivity index (χ1) is 8.66. The van der Waals surface area contributed by atoms with Crippen molar-refractivity contribution < 1.29 is 9.90 Å². The van der Waals surface area contributed by atoms with Gasteiger partial charge >= 0.3 is 5.97 Å². The first-order valence-corrected chi connectivity index (χ1v) is 7.37. The second-order valence-electron chi connectivity index (χ2n) is 5.12. The summed E-state index contributed by atoms with van der Waals surface area (Å²) in [5.41, 5.74) is 1.30. The highest BCUT2D eigenvalue weighted by Crippen LogP contribution is 2.35. The molecule has 0 aromatic carbocycles. The van der Waals surface area contributed by atoms with Gasteiger partial charge in [-0.3, -0.25) is 14.7 Å². The Hall–Kier alpha value is -0.940. The monoisotopic (exact) mass is 268 g/mol. The molecule has 1 N–H and O–H groups in total. The maximum Gasteiger partial charge on any atom is 0.310 e. The van der Waals surface area contributed by atoms with Crippen LogP contribution in [0.5, 0.6) is 0 Å². The van der Waals surface area contributed by atoms with E-state index in [1.54, 1.807) is 11.3 Å². The van der Waals surface area contributed by atoms with Crippen LogP contribution in [0.4, 0.5) is 0 Å². The lowest BCUT2D eigenvalue weighted by molar-refractivity contribution is -0.153. The molecule has 1 aliphatic rings. The van der Waals surface area contributed by atoms with Gasteiger partial charge in [-0.2, -0.15) is 0 Å². The van der Waals surface area contributed by atoms with Gasteiger partial charge in [-0.15, -0.1) is 11.3 Å². The van der Waals surface area contributed by atoms with Gasteiger partial charge in [-0.25, -0.2) is 0 Å². The van der Waals surface area contributed by atoms with E-state index in [1.165, 1.54) is 4.88 Å². The topological polar surface area (TPSA) is 53.4 Å². The molecule has 0 saturated carbocycles. The predicted molar refractivity (Wildman–Crippen MR) is 71.6 cm³/mol. The van der Waals surface area contributed by atoms with Crippen molar-refractivity contribution in [1.29, 1.82) is 0 Å².